The van der Waals surface area contributed by atoms with Gasteiger partial charge in [0.05, 0.1) is 18.1 Å². The van der Waals surface area contributed by atoms with Crippen LogP contribution < -0.4 is 10.2 Å². The average Bonchev–Trinajstić information content (AvgIpc) is 2.30. The quantitative estimate of drug-likeness (QED) is 0.821. The van der Waals surface area contributed by atoms with E-state index in [1.54, 1.807) is 29.7 Å². The fourth-order valence-corrected chi connectivity index (χ4v) is 1.26. The van der Waals surface area contributed by atoms with Crippen molar-refractivity contribution in [1.82, 2.24) is 5.48 Å². The standard InChI is InChI=1S/C11H11ClF3NO3/c12-8-3-1-2-4-9(8)18-6-5-10(17)16-19-7-11(13,14)15/h1-4H,5-7H2,(H,16,17). The summed E-state index contributed by atoms with van der Waals surface area (Å²) in [5, 5.41) is 0.385. The van der Waals surface area contributed by atoms with E-state index in [1.165, 1.54) is 0 Å². The summed E-state index contributed by atoms with van der Waals surface area (Å²) in [5.74, 6) is -0.315. The van der Waals surface area contributed by atoms with Crippen LogP contribution in [0.1, 0.15) is 6.42 Å². The third-order valence-electron chi connectivity index (χ3n) is 1.85. The molecule has 0 aliphatic heterocycles. The molecule has 0 saturated heterocycles. The minimum absolute atomic E-state index is 0.0229. The van der Waals surface area contributed by atoms with Crippen molar-refractivity contribution in [2.75, 3.05) is 13.2 Å². The molecule has 0 aromatic heterocycles. The highest BCUT2D eigenvalue weighted by Crippen LogP contribution is 2.23. The molecule has 0 bridgehead atoms. The summed E-state index contributed by atoms with van der Waals surface area (Å²) in [6.45, 7) is -1.56. The number of carbonyl (C=O) groups excluding carboxylic acids is 1. The smallest absolute Gasteiger partial charge is 0.414 e. The molecule has 0 spiro atoms. The normalized spacial score (nSPS) is 11.2. The molecule has 0 heterocycles. The predicted molar refractivity (Wildman–Crippen MR) is 61.7 cm³/mol. The number of nitrogens with one attached hydrogen (secondary N) is 1. The number of amides is 1. The highest BCUT2D eigenvalue weighted by atomic mass is 35.5. The molecule has 1 amide bonds. The van der Waals surface area contributed by atoms with E-state index in [0.29, 0.717) is 10.8 Å². The zero-order chi connectivity index (χ0) is 14.3. The second-order valence-corrected chi connectivity index (χ2v) is 3.87. The van der Waals surface area contributed by atoms with Crippen molar-refractivity contribution in [3.63, 3.8) is 0 Å². The van der Waals surface area contributed by atoms with Crippen molar-refractivity contribution >= 4 is 17.5 Å². The Bertz CT molecular complexity index is 426. The Morgan fingerprint density at radius 3 is 2.63 bits per heavy atom. The summed E-state index contributed by atoms with van der Waals surface area (Å²) in [6, 6.07) is 6.64. The highest BCUT2D eigenvalue weighted by Gasteiger charge is 2.28. The Balaban J connectivity index is 2.19. The third-order valence-corrected chi connectivity index (χ3v) is 2.16. The maximum Gasteiger partial charge on any atom is 0.414 e. The van der Waals surface area contributed by atoms with Gasteiger partial charge in [-0.25, -0.2) is 5.48 Å². The van der Waals surface area contributed by atoms with E-state index in [1.807, 2.05) is 0 Å². The van der Waals surface area contributed by atoms with Crippen LogP contribution >= 0.6 is 11.6 Å². The van der Waals surface area contributed by atoms with Gasteiger partial charge in [-0.05, 0) is 12.1 Å². The zero-order valence-electron chi connectivity index (χ0n) is 9.67. The first-order valence-electron chi connectivity index (χ1n) is 5.23. The number of rotatable bonds is 6. The maximum atomic E-state index is 11.7. The molecule has 1 rings (SSSR count). The molecule has 0 saturated carbocycles. The molecule has 1 aromatic carbocycles. The summed E-state index contributed by atoms with van der Waals surface area (Å²) in [5.41, 5.74) is 1.67. The molecule has 0 unspecified atom stereocenters. The van der Waals surface area contributed by atoms with Gasteiger partial charge in [-0.1, -0.05) is 23.7 Å². The largest absolute Gasteiger partial charge is 0.491 e. The fourth-order valence-electron chi connectivity index (χ4n) is 1.06. The van der Waals surface area contributed by atoms with Gasteiger partial charge >= 0.3 is 6.18 Å². The van der Waals surface area contributed by atoms with Gasteiger partial charge in [0.25, 0.3) is 0 Å². The van der Waals surface area contributed by atoms with Crippen LogP contribution in [0, 0.1) is 0 Å². The summed E-state index contributed by atoms with van der Waals surface area (Å²) < 4.78 is 40.3. The van der Waals surface area contributed by atoms with Crippen LogP contribution in [0.25, 0.3) is 0 Å². The van der Waals surface area contributed by atoms with E-state index in [0.717, 1.165) is 0 Å². The molecule has 4 nitrogen and oxygen atoms in total. The second kappa shape index (κ2) is 7.20. The van der Waals surface area contributed by atoms with Gasteiger partial charge in [0.2, 0.25) is 5.91 Å². The Morgan fingerprint density at radius 1 is 1.32 bits per heavy atom. The lowest BCUT2D eigenvalue weighted by Gasteiger charge is -2.09. The zero-order valence-corrected chi connectivity index (χ0v) is 10.4. The van der Waals surface area contributed by atoms with Crippen LogP contribution in [-0.4, -0.2) is 25.3 Å². The number of ether oxygens (including phenoxy) is 1. The molecule has 1 N–H and O–H groups in total. The number of carbonyl (C=O) groups is 1. The van der Waals surface area contributed by atoms with Gasteiger partial charge in [0.1, 0.15) is 5.75 Å². The van der Waals surface area contributed by atoms with Gasteiger partial charge in [-0.3, -0.25) is 9.63 Å². The van der Waals surface area contributed by atoms with E-state index in [2.05, 4.69) is 4.84 Å². The molecule has 0 fully saturated rings. The first-order valence-corrected chi connectivity index (χ1v) is 5.61. The summed E-state index contributed by atoms with van der Waals surface area (Å²) in [7, 11) is 0. The van der Waals surface area contributed by atoms with Crippen molar-refractivity contribution in [3.8, 4) is 5.75 Å². The van der Waals surface area contributed by atoms with Crippen molar-refractivity contribution in [2.45, 2.75) is 12.6 Å². The Morgan fingerprint density at radius 2 is 2.00 bits per heavy atom. The number of hydroxylamine groups is 1. The van der Waals surface area contributed by atoms with Crippen LogP contribution in [0.2, 0.25) is 5.02 Å². The maximum absolute atomic E-state index is 11.7. The van der Waals surface area contributed by atoms with Gasteiger partial charge in [-0.15, -0.1) is 0 Å². The molecule has 0 atom stereocenters. The molecule has 0 radical (unpaired) electrons. The Kier molecular flexibility index (Phi) is 5.91. The summed E-state index contributed by atoms with van der Waals surface area (Å²) in [6.07, 6.45) is -4.63. The summed E-state index contributed by atoms with van der Waals surface area (Å²) in [4.78, 5) is 15.1. The van der Waals surface area contributed by atoms with Crippen LogP contribution in [0.15, 0.2) is 24.3 Å². The van der Waals surface area contributed by atoms with Crippen LogP contribution in [-0.2, 0) is 9.63 Å². The van der Waals surface area contributed by atoms with Gasteiger partial charge < -0.3 is 4.74 Å². The Labute approximate surface area is 112 Å². The summed E-state index contributed by atoms with van der Waals surface area (Å²) >= 11 is 5.80. The van der Waals surface area contributed by atoms with Crippen LogP contribution in [0.5, 0.6) is 5.75 Å². The van der Waals surface area contributed by atoms with Crippen molar-refractivity contribution < 1.29 is 27.5 Å². The average molecular weight is 298 g/mol. The molecular weight excluding hydrogens is 287 g/mol. The number of halogens is 4. The lowest BCUT2D eigenvalue weighted by Crippen LogP contribution is -2.30. The number of alkyl halides is 3. The lowest BCUT2D eigenvalue weighted by molar-refractivity contribution is -0.191. The van der Waals surface area contributed by atoms with Gasteiger partial charge in [0.15, 0.2) is 6.61 Å². The molecule has 0 aliphatic carbocycles. The van der Waals surface area contributed by atoms with Crippen molar-refractivity contribution in [2.24, 2.45) is 0 Å². The number of hydrogen-bond donors (Lipinski definition) is 1. The second-order valence-electron chi connectivity index (χ2n) is 3.46. The molecule has 1 aromatic rings. The van der Waals surface area contributed by atoms with E-state index in [4.69, 9.17) is 16.3 Å². The van der Waals surface area contributed by atoms with Crippen molar-refractivity contribution in [1.29, 1.82) is 0 Å². The molecule has 19 heavy (non-hydrogen) atoms. The topological polar surface area (TPSA) is 47.6 Å². The Hall–Kier alpha value is -1.47. The number of hydrogen-bond acceptors (Lipinski definition) is 3. The van der Waals surface area contributed by atoms with Crippen molar-refractivity contribution in [3.05, 3.63) is 29.3 Å². The molecule has 106 valence electrons. The monoisotopic (exact) mass is 297 g/mol. The van der Waals surface area contributed by atoms with E-state index in [-0.39, 0.29) is 13.0 Å². The SMILES string of the molecule is O=C(CCOc1ccccc1Cl)NOCC(F)(F)F. The van der Waals surface area contributed by atoms with Crippen LogP contribution in [0.3, 0.4) is 0 Å². The fraction of sp³-hybridized carbons (Fsp3) is 0.364. The first kappa shape index (κ1) is 15.6. The lowest BCUT2D eigenvalue weighted by atomic mass is 10.3. The molecule has 8 heteroatoms. The van der Waals surface area contributed by atoms with Gasteiger partial charge in [0, 0.05) is 0 Å². The van der Waals surface area contributed by atoms with E-state index >= 15 is 0 Å². The third kappa shape index (κ3) is 6.88. The van der Waals surface area contributed by atoms with Gasteiger partial charge in [-0.2, -0.15) is 13.2 Å². The molecular formula is C11H11ClF3NO3. The predicted octanol–water partition coefficient (Wildman–Crippen LogP) is 2.72. The number of para-hydroxylation sites is 1. The van der Waals surface area contributed by atoms with E-state index < -0.39 is 18.7 Å². The highest BCUT2D eigenvalue weighted by molar-refractivity contribution is 6.32. The van der Waals surface area contributed by atoms with E-state index in [9.17, 15) is 18.0 Å². The minimum Gasteiger partial charge on any atom is -0.491 e. The first-order chi connectivity index (χ1) is 8.88. The minimum atomic E-state index is -4.48. The number of benzene rings is 1. The van der Waals surface area contributed by atoms with Crippen LogP contribution in [0.4, 0.5) is 13.2 Å². The molecule has 0 aliphatic rings.